The Bertz CT molecular complexity index is 369. The summed E-state index contributed by atoms with van der Waals surface area (Å²) >= 11 is 0. The maximum atomic E-state index is 11.4. The van der Waals surface area contributed by atoms with Gasteiger partial charge in [0.05, 0.1) is 34.0 Å². The fourth-order valence-electron chi connectivity index (χ4n) is 1.41. The molecule has 0 aromatic carbocycles. The summed E-state index contributed by atoms with van der Waals surface area (Å²) in [5.74, 6) is -2.85. The second-order valence-corrected chi connectivity index (χ2v) is 5.13. The highest BCUT2D eigenvalue weighted by Gasteiger charge is 2.23. The molecule has 0 amide bonds. The van der Waals surface area contributed by atoms with Gasteiger partial charge in [-0.05, 0) is 0 Å². The predicted octanol–water partition coefficient (Wildman–Crippen LogP) is 0.110. The molecule has 0 spiro atoms. The van der Waals surface area contributed by atoms with Crippen molar-refractivity contribution in [2.45, 2.75) is 18.9 Å². The van der Waals surface area contributed by atoms with Crippen LogP contribution in [0.2, 0.25) is 0 Å². The van der Waals surface area contributed by atoms with Crippen LogP contribution in [0.1, 0.15) is 12.8 Å². The van der Waals surface area contributed by atoms with Crippen LogP contribution in [-0.4, -0.2) is 66.4 Å². The molecule has 19 heavy (non-hydrogen) atoms. The molecule has 0 saturated heterocycles. The summed E-state index contributed by atoms with van der Waals surface area (Å²) in [6.45, 7) is 0.352. The van der Waals surface area contributed by atoms with Crippen LogP contribution in [0.4, 0.5) is 0 Å². The van der Waals surface area contributed by atoms with Gasteiger partial charge in [0.15, 0.2) is 6.10 Å². The second kappa shape index (κ2) is 7.52. The molecule has 0 bridgehead atoms. The van der Waals surface area contributed by atoms with E-state index in [1.54, 1.807) is 0 Å². The van der Waals surface area contributed by atoms with Crippen molar-refractivity contribution in [2.75, 3.05) is 27.7 Å². The van der Waals surface area contributed by atoms with Gasteiger partial charge in [0.2, 0.25) is 0 Å². The Labute approximate surface area is 111 Å². The molecule has 0 rings (SSSR count). The van der Waals surface area contributed by atoms with Crippen LogP contribution < -0.4 is 0 Å². The van der Waals surface area contributed by atoms with Crippen LogP contribution in [0.25, 0.3) is 0 Å². The minimum Gasteiger partial charge on any atom is -0.481 e. The highest BCUT2D eigenvalue weighted by Crippen LogP contribution is 2.06. The largest absolute Gasteiger partial charge is 0.481 e. The highest BCUT2D eigenvalue weighted by atomic mass is 16.5. The van der Waals surface area contributed by atoms with Gasteiger partial charge in [-0.15, -0.1) is 0 Å². The molecule has 0 aromatic rings. The molecular weight excluding hydrogens is 254 g/mol. The molecule has 0 aliphatic heterocycles. The first-order valence-electron chi connectivity index (χ1n) is 5.71. The molecule has 1 atom stereocenters. The number of likely N-dealkylation sites (N-methyl/N-ethyl adjacent to an activating group) is 1. The maximum absolute atomic E-state index is 11.4. The molecule has 0 heterocycles. The van der Waals surface area contributed by atoms with E-state index >= 15 is 0 Å². The van der Waals surface area contributed by atoms with Crippen LogP contribution in [0.5, 0.6) is 0 Å². The van der Waals surface area contributed by atoms with Crippen LogP contribution in [0.15, 0.2) is 12.2 Å². The molecule has 0 aliphatic rings. The number of carboxylic acid groups (broad SMARTS) is 2. The molecular formula is C12H20NO6+. The van der Waals surface area contributed by atoms with E-state index in [1.165, 1.54) is 0 Å². The molecule has 0 saturated carbocycles. The fraction of sp³-hybridized carbons (Fsp3) is 0.583. The number of carboxylic acids is 2. The van der Waals surface area contributed by atoms with Gasteiger partial charge in [0.1, 0.15) is 6.54 Å². The quantitative estimate of drug-likeness (QED) is 0.370. The van der Waals surface area contributed by atoms with Gasteiger partial charge >= 0.3 is 17.9 Å². The number of hydrogen-bond donors (Lipinski definition) is 2. The topological polar surface area (TPSA) is 101 Å². The molecule has 0 unspecified atom stereocenters. The molecule has 0 radical (unpaired) electrons. The summed E-state index contributed by atoms with van der Waals surface area (Å²) in [6.07, 6.45) is 0.842. The Morgan fingerprint density at radius 1 is 1.16 bits per heavy atom. The van der Waals surface area contributed by atoms with E-state index < -0.39 is 24.0 Å². The van der Waals surface area contributed by atoms with Gasteiger partial charge in [-0.25, -0.2) is 4.79 Å². The lowest BCUT2D eigenvalue weighted by molar-refractivity contribution is -0.873. The molecule has 0 aromatic heterocycles. The number of quaternary nitrogens is 1. The van der Waals surface area contributed by atoms with Gasteiger partial charge in [-0.2, -0.15) is 0 Å². The lowest BCUT2D eigenvalue weighted by atomic mass is 10.2. The van der Waals surface area contributed by atoms with E-state index in [9.17, 15) is 14.4 Å². The van der Waals surface area contributed by atoms with Crippen molar-refractivity contribution >= 4 is 17.9 Å². The van der Waals surface area contributed by atoms with Gasteiger partial charge in [-0.3, -0.25) is 9.59 Å². The van der Waals surface area contributed by atoms with Crippen molar-refractivity contribution in [1.29, 1.82) is 0 Å². The standard InChI is InChI=1S/C12H19NO6/c1-13(2,3)8-9(7-11(16)17)19-12(18)6-4-5-10(14)15/h4,6,9H,5,7-8H2,1-3H3,(H-,14,15,16,17)/p+1/b6-4+/t9-/m1/s1. The van der Waals surface area contributed by atoms with Gasteiger partial charge in [-0.1, -0.05) is 6.08 Å². The zero-order valence-corrected chi connectivity index (χ0v) is 11.3. The highest BCUT2D eigenvalue weighted by molar-refractivity contribution is 5.83. The van der Waals surface area contributed by atoms with Crippen molar-refractivity contribution in [3.05, 3.63) is 12.2 Å². The summed E-state index contributed by atoms with van der Waals surface area (Å²) in [7, 11) is 5.55. The molecule has 108 valence electrons. The lowest BCUT2D eigenvalue weighted by Gasteiger charge is -2.28. The summed E-state index contributed by atoms with van der Waals surface area (Å²) < 4.78 is 5.45. The summed E-state index contributed by atoms with van der Waals surface area (Å²) in [5.41, 5.74) is 0. The lowest BCUT2D eigenvalue weighted by Crippen LogP contribution is -2.43. The van der Waals surface area contributed by atoms with Crippen LogP contribution in [0.3, 0.4) is 0 Å². The first kappa shape index (κ1) is 17.1. The Balaban J connectivity index is 4.46. The van der Waals surface area contributed by atoms with Crippen molar-refractivity contribution < 1.29 is 33.8 Å². The van der Waals surface area contributed by atoms with Crippen LogP contribution in [0, 0.1) is 0 Å². The minimum absolute atomic E-state index is 0.284. The number of aliphatic carboxylic acids is 2. The fourth-order valence-corrected chi connectivity index (χ4v) is 1.41. The number of ether oxygens (including phenoxy) is 1. The average molecular weight is 274 g/mol. The van der Waals surface area contributed by atoms with Gasteiger partial charge in [0, 0.05) is 6.08 Å². The van der Waals surface area contributed by atoms with E-state index in [0.717, 1.165) is 12.2 Å². The Kier molecular flexibility index (Phi) is 6.78. The number of carbonyl (C=O) groups is 3. The van der Waals surface area contributed by atoms with Crippen LogP contribution >= 0.6 is 0 Å². The number of nitrogens with zero attached hydrogens (tertiary/aromatic N) is 1. The van der Waals surface area contributed by atoms with E-state index in [2.05, 4.69) is 0 Å². The number of hydrogen-bond acceptors (Lipinski definition) is 4. The third-order valence-corrected chi connectivity index (χ3v) is 1.98. The Morgan fingerprint density at radius 3 is 2.16 bits per heavy atom. The zero-order valence-electron chi connectivity index (χ0n) is 11.3. The summed E-state index contributed by atoms with van der Waals surface area (Å²) in [6, 6.07) is 0. The molecule has 0 fully saturated rings. The first-order valence-corrected chi connectivity index (χ1v) is 5.71. The van der Waals surface area contributed by atoms with Crippen molar-refractivity contribution in [1.82, 2.24) is 0 Å². The van der Waals surface area contributed by atoms with E-state index in [1.807, 2.05) is 21.1 Å². The molecule has 2 N–H and O–H groups in total. The third-order valence-electron chi connectivity index (χ3n) is 1.98. The molecule has 7 heteroatoms. The monoisotopic (exact) mass is 274 g/mol. The van der Waals surface area contributed by atoms with Crippen LogP contribution in [-0.2, 0) is 19.1 Å². The number of rotatable bonds is 8. The van der Waals surface area contributed by atoms with Crippen molar-refractivity contribution in [2.24, 2.45) is 0 Å². The van der Waals surface area contributed by atoms with E-state index in [4.69, 9.17) is 14.9 Å². The van der Waals surface area contributed by atoms with Crippen molar-refractivity contribution in [3.63, 3.8) is 0 Å². The normalized spacial score (nSPS) is 13.2. The minimum atomic E-state index is -1.06. The zero-order chi connectivity index (χ0) is 15.1. The third kappa shape index (κ3) is 11.0. The number of carbonyl (C=O) groups excluding carboxylic acids is 1. The van der Waals surface area contributed by atoms with E-state index in [0.29, 0.717) is 11.0 Å². The number of esters is 1. The molecule has 7 nitrogen and oxygen atoms in total. The smallest absolute Gasteiger partial charge is 0.330 e. The summed E-state index contributed by atoms with van der Waals surface area (Å²) in [4.78, 5) is 32.3. The average Bonchev–Trinajstić information content (AvgIpc) is 2.12. The maximum Gasteiger partial charge on any atom is 0.330 e. The second-order valence-electron chi connectivity index (χ2n) is 5.13. The Hall–Kier alpha value is -1.89. The van der Waals surface area contributed by atoms with Gasteiger partial charge < -0.3 is 19.4 Å². The van der Waals surface area contributed by atoms with Gasteiger partial charge in [0.25, 0.3) is 0 Å². The predicted molar refractivity (Wildman–Crippen MR) is 66.4 cm³/mol. The first-order chi connectivity index (χ1) is 8.60. The SMILES string of the molecule is C[N+](C)(C)C[C@@H](CC(=O)O)OC(=O)/C=C/CC(=O)O. The Morgan fingerprint density at radius 2 is 1.74 bits per heavy atom. The van der Waals surface area contributed by atoms with Crippen molar-refractivity contribution in [3.8, 4) is 0 Å². The summed E-state index contributed by atoms with van der Waals surface area (Å²) in [5, 5.41) is 17.1. The van der Waals surface area contributed by atoms with E-state index in [-0.39, 0.29) is 12.8 Å². The molecule has 0 aliphatic carbocycles.